The zero-order valence-electron chi connectivity index (χ0n) is 17.8. The van der Waals surface area contributed by atoms with Gasteiger partial charge in [-0.1, -0.05) is 12.1 Å². The summed E-state index contributed by atoms with van der Waals surface area (Å²) in [5, 5.41) is 6.81. The monoisotopic (exact) mass is 376 g/mol. The number of para-hydroxylation sites is 1. The number of rotatable bonds is 8. The van der Waals surface area contributed by atoms with E-state index >= 15 is 0 Å². The molecule has 2 rings (SSSR count). The van der Waals surface area contributed by atoms with Crippen LogP contribution in [0.2, 0.25) is 0 Å². The summed E-state index contributed by atoms with van der Waals surface area (Å²) in [7, 11) is 7.65. The smallest absolute Gasteiger partial charge is 0.191 e. The van der Waals surface area contributed by atoms with Crippen LogP contribution in [0.1, 0.15) is 45.1 Å². The highest BCUT2D eigenvalue weighted by molar-refractivity contribution is 5.79. The van der Waals surface area contributed by atoms with E-state index in [1.54, 1.807) is 14.2 Å². The zero-order chi connectivity index (χ0) is 19.9. The summed E-state index contributed by atoms with van der Waals surface area (Å²) in [5.74, 6) is 2.42. The van der Waals surface area contributed by atoms with E-state index in [-0.39, 0.29) is 5.54 Å². The molecule has 1 aromatic rings. The van der Waals surface area contributed by atoms with Gasteiger partial charge >= 0.3 is 0 Å². The summed E-state index contributed by atoms with van der Waals surface area (Å²) in [6.07, 6.45) is 5.01. The van der Waals surface area contributed by atoms with Gasteiger partial charge in [0.15, 0.2) is 17.5 Å². The minimum absolute atomic E-state index is 0.0321. The molecule has 0 aromatic heterocycles. The van der Waals surface area contributed by atoms with Gasteiger partial charge in [-0.05, 0) is 59.7 Å². The summed E-state index contributed by atoms with van der Waals surface area (Å²) in [5.41, 5.74) is 1.11. The number of hydrogen-bond donors (Lipinski definition) is 2. The van der Waals surface area contributed by atoms with E-state index < -0.39 is 0 Å². The Morgan fingerprint density at radius 3 is 2.52 bits per heavy atom. The third kappa shape index (κ3) is 6.03. The van der Waals surface area contributed by atoms with Crippen LogP contribution in [0.15, 0.2) is 23.2 Å². The topological polar surface area (TPSA) is 58.1 Å². The van der Waals surface area contributed by atoms with E-state index in [1.165, 1.54) is 12.8 Å². The fourth-order valence-corrected chi connectivity index (χ4v) is 3.03. The number of likely N-dealkylation sites (N-methyl/N-ethyl adjacent to an activating group) is 1. The molecule has 0 bridgehead atoms. The van der Waals surface area contributed by atoms with Crippen molar-refractivity contribution in [3.05, 3.63) is 23.8 Å². The Kier molecular flexibility index (Phi) is 7.78. The van der Waals surface area contributed by atoms with Crippen LogP contribution >= 0.6 is 0 Å². The van der Waals surface area contributed by atoms with Crippen molar-refractivity contribution < 1.29 is 9.47 Å². The zero-order valence-corrected chi connectivity index (χ0v) is 17.8. The van der Waals surface area contributed by atoms with E-state index in [9.17, 15) is 0 Å². The fourth-order valence-electron chi connectivity index (χ4n) is 3.03. The van der Waals surface area contributed by atoms with Crippen molar-refractivity contribution >= 4 is 5.96 Å². The lowest BCUT2D eigenvalue weighted by Crippen LogP contribution is -2.50. The Morgan fingerprint density at radius 2 is 1.93 bits per heavy atom. The summed E-state index contributed by atoms with van der Waals surface area (Å²) in [6, 6.07) is 6.04. The van der Waals surface area contributed by atoms with E-state index in [0.717, 1.165) is 42.4 Å². The number of nitrogens with zero attached hydrogens (tertiary/aromatic N) is 2. The van der Waals surface area contributed by atoms with Gasteiger partial charge in [-0.2, -0.15) is 0 Å². The molecule has 0 aliphatic heterocycles. The van der Waals surface area contributed by atoms with Crippen LogP contribution < -0.4 is 20.1 Å². The lowest BCUT2D eigenvalue weighted by atomic mass is 10.0. The van der Waals surface area contributed by atoms with Crippen LogP contribution in [0.5, 0.6) is 11.5 Å². The van der Waals surface area contributed by atoms with Crippen molar-refractivity contribution in [3.63, 3.8) is 0 Å². The predicted molar refractivity (Wildman–Crippen MR) is 112 cm³/mol. The Morgan fingerprint density at radius 1 is 1.22 bits per heavy atom. The number of guanidine groups is 1. The fraction of sp³-hybridized carbons (Fsp3) is 0.667. The number of aliphatic imine (C=N–C) groups is 1. The van der Waals surface area contributed by atoms with Gasteiger partial charge in [-0.3, -0.25) is 4.99 Å². The number of hydrogen-bond acceptors (Lipinski definition) is 4. The van der Waals surface area contributed by atoms with Gasteiger partial charge in [0.2, 0.25) is 0 Å². The molecule has 0 spiro atoms. The van der Waals surface area contributed by atoms with Crippen molar-refractivity contribution in [2.24, 2.45) is 4.99 Å². The van der Waals surface area contributed by atoms with Crippen LogP contribution in [0, 0.1) is 0 Å². The second-order valence-electron chi connectivity index (χ2n) is 7.96. The summed E-state index contributed by atoms with van der Waals surface area (Å²) >= 11 is 0. The average molecular weight is 377 g/mol. The molecule has 1 saturated carbocycles. The van der Waals surface area contributed by atoms with Crippen LogP contribution in [-0.2, 0) is 6.54 Å². The number of methoxy groups -OCH3 is 1. The summed E-state index contributed by atoms with van der Waals surface area (Å²) in [4.78, 5) is 6.54. The van der Waals surface area contributed by atoms with E-state index in [0.29, 0.717) is 12.6 Å². The van der Waals surface area contributed by atoms with Gasteiger partial charge in [0.05, 0.1) is 13.2 Å². The molecule has 27 heavy (non-hydrogen) atoms. The first-order valence-electron chi connectivity index (χ1n) is 9.82. The van der Waals surface area contributed by atoms with Crippen molar-refractivity contribution in [2.75, 3.05) is 34.8 Å². The molecule has 0 atom stereocenters. The van der Waals surface area contributed by atoms with Crippen LogP contribution in [0.3, 0.4) is 0 Å². The molecule has 2 N–H and O–H groups in total. The molecule has 6 nitrogen and oxygen atoms in total. The Bertz CT molecular complexity index is 623. The van der Waals surface area contributed by atoms with E-state index in [4.69, 9.17) is 9.47 Å². The summed E-state index contributed by atoms with van der Waals surface area (Å²) < 4.78 is 11.9. The SMILES string of the molecule is CN=C(NCc1cccc(OC)c1OC1CCCC1)NCC(C)(C)N(C)C. The first kappa shape index (κ1) is 21.4. The second kappa shape index (κ2) is 9.83. The molecular weight excluding hydrogens is 340 g/mol. The molecule has 6 heteroatoms. The maximum Gasteiger partial charge on any atom is 0.191 e. The van der Waals surface area contributed by atoms with Crippen molar-refractivity contribution in [3.8, 4) is 11.5 Å². The van der Waals surface area contributed by atoms with Crippen molar-refractivity contribution in [1.29, 1.82) is 0 Å². The standard InChI is InChI=1S/C21H36N4O2/c1-21(2,25(4)5)15-24-20(22-3)23-14-16-10-9-13-18(26-6)19(16)27-17-11-7-8-12-17/h9-10,13,17H,7-8,11-12,14-15H2,1-6H3,(H2,22,23,24). The molecule has 1 aliphatic carbocycles. The average Bonchev–Trinajstić information content (AvgIpc) is 3.15. The van der Waals surface area contributed by atoms with Crippen LogP contribution in [0.25, 0.3) is 0 Å². The maximum atomic E-state index is 6.31. The molecule has 1 fully saturated rings. The Labute approximate surface area is 164 Å². The van der Waals surface area contributed by atoms with Crippen molar-refractivity contribution in [2.45, 2.75) is 57.7 Å². The third-order valence-electron chi connectivity index (χ3n) is 5.44. The van der Waals surface area contributed by atoms with Gasteiger partial charge in [-0.15, -0.1) is 0 Å². The lowest BCUT2D eigenvalue weighted by molar-refractivity contribution is 0.197. The number of benzene rings is 1. The molecule has 0 saturated heterocycles. The quantitative estimate of drug-likeness (QED) is 0.539. The minimum Gasteiger partial charge on any atom is -0.493 e. The highest BCUT2D eigenvalue weighted by Gasteiger charge is 2.22. The number of ether oxygens (including phenoxy) is 2. The van der Waals surface area contributed by atoms with Gasteiger partial charge in [0, 0.05) is 31.2 Å². The highest BCUT2D eigenvalue weighted by Crippen LogP contribution is 2.34. The van der Waals surface area contributed by atoms with Crippen LogP contribution in [0.4, 0.5) is 0 Å². The molecule has 0 heterocycles. The largest absolute Gasteiger partial charge is 0.493 e. The molecular formula is C21H36N4O2. The highest BCUT2D eigenvalue weighted by atomic mass is 16.5. The van der Waals surface area contributed by atoms with Crippen molar-refractivity contribution in [1.82, 2.24) is 15.5 Å². The lowest BCUT2D eigenvalue weighted by Gasteiger charge is -2.33. The Balaban J connectivity index is 2.03. The van der Waals surface area contributed by atoms with Gasteiger partial charge in [0.1, 0.15) is 0 Å². The maximum absolute atomic E-state index is 6.31. The molecule has 0 radical (unpaired) electrons. The number of nitrogens with one attached hydrogen (secondary N) is 2. The minimum atomic E-state index is 0.0321. The van der Waals surface area contributed by atoms with Crippen LogP contribution in [-0.4, -0.2) is 57.3 Å². The first-order valence-corrected chi connectivity index (χ1v) is 9.82. The van der Waals surface area contributed by atoms with Gasteiger partial charge in [0.25, 0.3) is 0 Å². The van der Waals surface area contributed by atoms with Gasteiger partial charge in [-0.25, -0.2) is 0 Å². The Hall–Kier alpha value is -1.95. The predicted octanol–water partition coefficient (Wildman–Crippen LogP) is 3.02. The molecule has 1 aromatic carbocycles. The molecule has 0 amide bonds. The first-order chi connectivity index (χ1) is 12.9. The molecule has 1 aliphatic rings. The molecule has 0 unspecified atom stereocenters. The second-order valence-corrected chi connectivity index (χ2v) is 7.96. The third-order valence-corrected chi connectivity index (χ3v) is 5.44. The molecule has 152 valence electrons. The van der Waals surface area contributed by atoms with E-state index in [2.05, 4.69) is 54.5 Å². The van der Waals surface area contributed by atoms with Gasteiger partial charge < -0.3 is 25.0 Å². The normalized spacial score (nSPS) is 15.9. The van der Waals surface area contributed by atoms with E-state index in [1.807, 2.05) is 12.1 Å². The summed E-state index contributed by atoms with van der Waals surface area (Å²) in [6.45, 7) is 5.82.